The van der Waals surface area contributed by atoms with Crippen molar-refractivity contribution in [1.29, 1.82) is 0 Å². The molecule has 1 aromatic heterocycles. The van der Waals surface area contributed by atoms with Gasteiger partial charge in [-0.15, -0.1) is 0 Å². The monoisotopic (exact) mass is 339 g/mol. The molecule has 0 aliphatic rings. The molecule has 0 radical (unpaired) electrons. The van der Waals surface area contributed by atoms with Crippen molar-refractivity contribution in [2.75, 3.05) is 21.2 Å². The van der Waals surface area contributed by atoms with E-state index >= 15 is 0 Å². The van der Waals surface area contributed by atoms with E-state index in [4.69, 9.17) is 9.15 Å². The second-order valence-electron chi connectivity index (χ2n) is 6.16. The van der Waals surface area contributed by atoms with Crippen LogP contribution in [0.25, 0.3) is 22.3 Å². The molecule has 0 spiro atoms. The molecule has 2 aromatic carbocycles. The lowest BCUT2D eigenvalue weighted by molar-refractivity contribution is -0.128. The van der Waals surface area contributed by atoms with Gasteiger partial charge >= 0.3 is 0 Å². The summed E-state index contributed by atoms with van der Waals surface area (Å²) in [6.07, 6.45) is 1.18. The molecule has 0 aliphatic heterocycles. The van der Waals surface area contributed by atoms with Crippen molar-refractivity contribution in [3.63, 3.8) is 0 Å². The number of phenols is 1. The molecule has 5 heteroatoms. The summed E-state index contributed by atoms with van der Waals surface area (Å²) >= 11 is 0. The van der Waals surface area contributed by atoms with E-state index in [1.54, 1.807) is 37.2 Å². The maximum atomic E-state index is 11.7. The molecule has 3 rings (SSSR count). The van der Waals surface area contributed by atoms with Crippen molar-refractivity contribution in [2.45, 2.75) is 12.8 Å². The van der Waals surface area contributed by atoms with Crippen LogP contribution >= 0.6 is 0 Å². The number of furan rings is 1. The number of carbonyl (C=O) groups excluding carboxylic acids is 1. The highest BCUT2D eigenvalue weighted by molar-refractivity contribution is 5.84. The molecule has 25 heavy (non-hydrogen) atoms. The summed E-state index contributed by atoms with van der Waals surface area (Å²) in [5, 5.41) is 10.7. The Bertz CT molecular complexity index is 911. The number of benzene rings is 2. The average Bonchev–Trinajstić information content (AvgIpc) is 3.03. The van der Waals surface area contributed by atoms with E-state index in [1.165, 1.54) is 7.11 Å². The van der Waals surface area contributed by atoms with Gasteiger partial charge < -0.3 is 19.2 Å². The van der Waals surface area contributed by atoms with Gasteiger partial charge in [0.05, 0.1) is 7.11 Å². The summed E-state index contributed by atoms with van der Waals surface area (Å²) in [6.45, 7) is 0. The quantitative estimate of drug-likeness (QED) is 0.767. The van der Waals surface area contributed by atoms with E-state index in [0.29, 0.717) is 24.4 Å². The van der Waals surface area contributed by atoms with Gasteiger partial charge in [-0.05, 0) is 48.4 Å². The average molecular weight is 339 g/mol. The van der Waals surface area contributed by atoms with Gasteiger partial charge in [-0.3, -0.25) is 4.79 Å². The molecule has 1 N–H and O–H groups in total. The number of rotatable bonds is 5. The molecule has 1 heterocycles. The van der Waals surface area contributed by atoms with Gasteiger partial charge in [-0.2, -0.15) is 0 Å². The fourth-order valence-corrected chi connectivity index (χ4v) is 2.70. The van der Waals surface area contributed by atoms with Crippen LogP contribution in [0.5, 0.6) is 11.5 Å². The Labute approximate surface area is 146 Å². The van der Waals surface area contributed by atoms with Crippen LogP contribution in [0.15, 0.2) is 46.9 Å². The molecule has 0 saturated heterocycles. The third-order valence-electron chi connectivity index (χ3n) is 4.17. The van der Waals surface area contributed by atoms with Crippen LogP contribution in [0, 0.1) is 0 Å². The minimum absolute atomic E-state index is 0.0928. The van der Waals surface area contributed by atoms with E-state index in [1.807, 2.05) is 24.3 Å². The predicted molar refractivity (Wildman–Crippen MR) is 96.9 cm³/mol. The molecule has 0 fully saturated rings. The molecule has 0 unspecified atom stereocenters. The molecule has 0 atom stereocenters. The van der Waals surface area contributed by atoms with Crippen LogP contribution < -0.4 is 4.74 Å². The van der Waals surface area contributed by atoms with Crippen LogP contribution in [-0.4, -0.2) is 37.1 Å². The van der Waals surface area contributed by atoms with E-state index < -0.39 is 0 Å². The lowest BCUT2D eigenvalue weighted by Gasteiger charge is -2.09. The number of phenolic OH excluding ortho intramolecular Hbond substituents is 1. The van der Waals surface area contributed by atoms with Gasteiger partial charge in [0.15, 0.2) is 11.5 Å². The van der Waals surface area contributed by atoms with Crippen LogP contribution in [0.3, 0.4) is 0 Å². The van der Waals surface area contributed by atoms with Crippen LogP contribution in [0.2, 0.25) is 0 Å². The largest absolute Gasteiger partial charge is 0.504 e. The van der Waals surface area contributed by atoms with Crippen molar-refractivity contribution in [3.05, 3.63) is 48.0 Å². The lowest BCUT2D eigenvalue weighted by atomic mass is 10.1. The van der Waals surface area contributed by atoms with Gasteiger partial charge in [0, 0.05) is 31.5 Å². The number of hydrogen-bond donors (Lipinski definition) is 1. The number of ether oxygens (including phenoxy) is 1. The minimum atomic E-state index is 0.0928. The SMILES string of the molecule is COc1cc(-c2cc3cc(CCC(=O)N(C)C)ccc3o2)ccc1O. The molecular formula is C20H21NO4. The highest BCUT2D eigenvalue weighted by atomic mass is 16.5. The predicted octanol–water partition coefficient (Wildman–Crippen LogP) is 3.83. The molecule has 130 valence electrons. The summed E-state index contributed by atoms with van der Waals surface area (Å²) in [5.41, 5.74) is 2.71. The van der Waals surface area contributed by atoms with Crippen molar-refractivity contribution in [1.82, 2.24) is 4.90 Å². The maximum absolute atomic E-state index is 11.7. The van der Waals surface area contributed by atoms with Crippen LogP contribution in [-0.2, 0) is 11.2 Å². The number of aromatic hydroxyl groups is 1. The van der Waals surface area contributed by atoms with Crippen molar-refractivity contribution < 1.29 is 19.1 Å². The first-order chi connectivity index (χ1) is 12.0. The smallest absolute Gasteiger partial charge is 0.222 e. The lowest BCUT2D eigenvalue weighted by Crippen LogP contribution is -2.21. The zero-order chi connectivity index (χ0) is 18.0. The molecular weight excluding hydrogens is 318 g/mol. The van der Waals surface area contributed by atoms with Crippen LogP contribution in [0.4, 0.5) is 0 Å². The van der Waals surface area contributed by atoms with Crippen LogP contribution in [0.1, 0.15) is 12.0 Å². The zero-order valence-electron chi connectivity index (χ0n) is 14.6. The second kappa shape index (κ2) is 6.89. The Kier molecular flexibility index (Phi) is 4.65. The van der Waals surface area contributed by atoms with E-state index in [9.17, 15) is 9.90 Å². The first-order valence-electron chi connectivity index (χ1n) is 8.08. The number of nitrogens with zero attached hydrogens (tertiary/aromatic N) is 1. The number of aryl methyl sites for hydroxylation is 1. The van der Waals surface area contributed by atoms with Gasteiger partial charge in [0.25, 0.3) is 0 Å². The number of fused-ring (bicyclic) bond motifs is 1. The molecule has 3 aromatic rings. The fourth-order valence-electron chi connectivity index (χ4n) is 2.70. The Morgan fingerprint density at radius 2 is 1.96 bits per heavy atom. The Hall–Kier alpha value is -2.95. The molecule has 0 bridgehead atoms. The second-order valence-corrected chi connectivity index (χ2v) is 6.16. The highest BCUT2D eigenvalue weighted by Gasteiger charge is 2.11. The van der Waals surface area contributed by atoms with E-state index in [0.717, 1.165) is 22.1 Å². The minimum Gasteiger partial charge on any atom is -0.504 e. The molecule has 0 aliphatic carbocycles. The third kappa shape index (κ3) is 3.60. The number of amides is 1. The summed E-state index contributed by atoms with van der Waals surface area (Å²) in [4.78, 5) is 13.3. The Balaban J connectivity index is 1.86. The summed E-state index contributed by atoms with van der Waals surface area (Å²) in [5.74, 6) is 1.31. The molecule has 1 amide bonds. The highest BCUT2D eigenvalue weighted by Crippen LogP contribution is 2.34. The normalized spacial score (nSPS) is 10.8. The van der Waals surface area contributed by atoms with Crippen molar-refractivity contribution in [3.8, 4) is 22.8 Å². The number of carbonyl (C=O) groups is 1. The summed E-state index contributed by atoms with van der Waals surface area (Å²) < 4.78 is 11.0. The summed E-state index contributed by atoms with van der Waals surface area (Å²) in [6, 6.07) is 13.0. The number of hydrogen-bond acceptors (Lipinski definition) is 4. The maximum Gasteiger partial charge on any atom is 0.222 e. The Morgan fingerprint density at radius 1 is 1.16 bits per heavy atom. The zero-order valence-corrected chi connectivity index (χ0v) is 14.6. The van der Waals surface area contributed by atoms with E-state index in [-0.39, 0.29) is 11.7 Å². The first-order valence-corrected chi connectivity index (χ1v) is 8.08. The van der Waals surface area contributed by atoms with Gasteiger partial charge in [-0.1, -0.05) is 6.07 Å². The molecule has 5 nitrogen and oxygen atoms in total. The number of methoxy groups -OCH3 is 1. The van der Waals surface area contributed by atoms with Gasteiger partial charge in [0.2, 0.25) is 5.91 Å². The summed E-state index contributed by atoms with van der Waals surface area (Å²) in [7, 11) is 5.04. The van der Waals surface area contributed by atoms with E-state index in [2.05, 4.69) is 0 Å². The molecule has 0 saturated carbocycles. The van der Waals surface area contributed by atoms with Gasteiger partial charge in [-0.25, -0.2) is 0 Å². The first kappa shape index (κ1) is 16.9. The van der Waals surface area contributed by atoms with Gasteiger partial charge in [0.1, 0.15) is 11.3 Å². The van der Waals surface area contributed by atoms with Crippen molar-refractivity contribution >= 4 is 16.9 Å². The topological polar surface area (TPSA) is 62.9 Å². The Morgan fingerprint density at radius 3 is 2.68 bits per heavy atom. The third-order valence-corrected chi connectivity index (χ3v) is 4.17. The van der Waals surface area contributed by atoms with Crippen molar-refractivity contribution in [2.24, 2.45) is 0 Å². The fraction of sp³-hybridized carbons (Fsp3) is 0.250. The standard InChI is InChI=1S/C20H21NO4/c1-21(2)20(23)9-5-13-4-8-17-15(10-13)12-18(25-17)14-6-7-16(22)19(11-14)24-3/h4,6-8,10-12,22H,5,9H2,1-3H3.